The van der Waals surface area contributed by atoms with Crippen molar-refractivity contribution in [1.29, 1.82) is 0 Å². The molecule has 1 fully saturated rings. The van der Waals surface area contributed by atoms with E-state index in [1.165, 1.54) is 18.5 Å². The lowest BCUT2D eigenvalue weighted by atomic mass is 10.1. The second-order valence-corrected chi connectivity index (χ2v) is 6.35. The van der Waals surface area contributed by atoms with Crippen LogP contribution in [0.25, 0.3) is 10.9 Å². The van der Waals surface area contributed by atoms with E-state index < -0.39 is 4.92 Å². The number of nitro groups is 1. The average Bonchev–Trinajstić information content (AvgIpc) is 2.67. The van der Waals surface area contributed by atoms with Crippen molar-refractivity contribution in [2.45, 2.75) is 6.04 Å². The summed E-state index contributed by atoms with van der Waals surface area (Å²) in [5, 5.41) is 15.3. The number of hydrogen-bond donors (Lipinski definition) is 1. The third-order valence-electron chi connectivity index (χ3n) is 4.42. The molecule has 3 heterocycles. The fourth-order valence-corrected chi connectivity index (χ4v) is 3.44. The van der Waals surface area contributed by atoms with Gasteiger partial charge in [0, 0.05) is 37.3 Å². The molecule has 1 unspecified atom stereocenters. The molecular weight excluding hydrogens is 356 g/mol. The molecular formula is C17H15ClN6O2. The molecule has 0 bridgehead atoms. The first-order valence-corrected chi connectivity index (χ1v) is 8.50. The van der Waals surface area contributed by atoms with E-state index in [0.29, 0.717) is 29.8 Å². The van der Waals surface area contributed by atoms with Crippen molar-refractivity contribution < 1.29 is 4.92 Å². The van der Waals surface area contributed by atoms with Crippen LogP contribution in [0.4, 0.5) is 11.5 Å². The molecule has 0 saturated carbocycles. The Kier molecular flexibility index (Phi) is 4.36. The summed E-state index contributed by atoms with van der Waals surface area (Å²) in [6.45, 7) is 2.19. The van der Waals surface area contributed by atoms with Crippen LogP contribution in [0.2, 0.25) is 5.02 Å². The van der Waals surface area contributed by atoms with Crippen molar-refractivity contribution in [3.05, 3.63) is 63.7 Å². The minimum absolute atomic E-state index is 0.0298. The standard InChI is InChI=1S/C17H15ClN6O2/c18-12-8-14-11(7-15(12)24(25)26)17(22-10-21-14)23-6-5-19-9-16(23)13-3-1-2-4-20-13/h1-4,7-8,10,16,19H,5-6,9H2. The van der Waals surface area contributed by atoms with Crippen LogP contribution in [0, 0.1) is 10.1 Å². The third-order valence-corrected chi connectivity index (χ3v) is 4.73. The molecule has 4 rings (SSSR count). The normalized spacial score (nSPS) is 17.4. The molecule has 0 spiro atoms. The van der Waals surface area contributed by atoms with Gasteiger partial charge in [0.25, 0.3) is 5.69 Å². The molecule has 1 aliphatic heterocycles. The number of hydrogen-bond acceptors (Lipinski definition) is 7. The van der Waals surface area contributed by atoms with Gasteiger partial charge in [-0.15, -0.1) is 0 Å². The lowest BCUT2D eigenvalue weighted by Gasteiger charge is -2.37. The van der Waals surface area contributed by atoms with Crippen LogP contribution in [0.5, 0.6) is 0 Å². The van der Waals surface area contributed by atoms with E-state index in [9.17, 15) is 10.1 Å². The van der Waals surface area contributed by atoms with Gasteiger partial charge in [0.1, 0.15) is 17.2 Å². The number of nitro benzene ring substituents is 1. The van der Waals surface area contributed by atoms with Crippen molar-refractivity contribution in [3.8, 4) is 0 Å². The first-order chi connectivity index (χ1) is 12.6. The summed E-state index contributed by atoms with van der Waals surface area (Å²) in [5.74, 6) is 0.645. The molecule has 0 amide bonds. The molecule has 1 N–H and O–H groups in total. The van der Waals surface area contributed by atoms with Crippen molar-refractivity contribution in [2.75, 3.05) is 24.5 Å². The van der Waals surface area contributed by atoms with Crippen molar-refractivity contribution >= 4 is 34.0 Å². The minimum atomic E-state index is -0.494. The molecule has 8 nitrogen and oxygen atoms in total. The van der Waals surface area contributed by atoms with Gasteiger partial charge >= 0.3 is 0 Å². The Hall–Kier alpha value is -2.84. The summed E-state index contributed by atoms with van der Waals surface area (Å²) < 4.78 is 0. The Balaban J connectivity index is 1.86. The van der Waals surface area contributed by atoms with Gasteiger partial charge in [-0.2, -0.15) is 0 Å². The minimum Gasteiger partial charge on any atom is -0.345 e. The van der Waals surface area contributed by atoms with E-state index in [2.05, 4.69) is 25.2 Å². The summed E-state index contributed by atoms with van der Waals surface area (Å²) in [5.41, 5.74) is 1.33. The highest BCUT2D eigenvalue weighted by atomic mass is 35.5. The number of nitrogens with one attached hydrogen (secondary N) is 1. The predicted octanol–water partition coefficient (Wildman–Crippen LogP) is 2.74. The van der Waals surface area contributed by atoms with Crippen LogP contribution in [-0.4, -0.2) is 39.5 Å². The van der Waals surface area contributed by atoms with Crippen LogP contribution in [-0.2, 0) is 0 Å². The van der Waals surface area contributed by atoms with E-state index in [4.69, 9.17) is 11.6 Å². The quantitative estimate of drug-likeness (QED) is 0.559. The van der Waals surface area contributed by atoms with Gasteiger partial charge in [0.05, 0.1) is 22.2 Å². The van der Waals surface area contributed by atoms with Gasteiger partial charge in [-0.1, -0.05) is 17.7 Å². The van der Waals surface area contributed by atoms with Gasteiger partial charge in [-0.05, 0) is 18.2 Å². The maximum atomic E-state index is 11.3. The second-order valence-electron chi connectivity index (χ2n) is 5.94. The number of fused-ring (bicyclic) bond motifs is 1. The highest BCUT2D eigenvalue weighted by molar-refractivity contribution is 6.33. The molecule has 132 valence electrons. The lowest BCUT2D eigenvalue weighted by Crippen LogP contribution is -2.46. The number of nitrogens with zero attached hydrogens (tertiary/aromatic N) is 5. The van der Waals surface area contributed by atoms with Gasteiger partial charge in [0.2, 0.25) is 0 Å². The smallest absolute Gasteiger partial charge is 0.288 e. The fraction of sp³-hybridized carbons (Fsp3) is 0.235. The zero-order valence-corrected chi connectivity index (χ0v) is 14.4. The zero-order chi connectivity index (χ0) is 18.1. The average molecular weight is 371 g/mol. The van der Waals surface area contributed by atoms with Gasteiger partial charge < -0.3 is 10.2 Å². The summed E-state index contributed by atoms with van der Waals surface area (Å²) in [6.07, 6.45) is 3.21. The van der Waals surface area contributed by atoms with Crippen LogP contribution in [0.1, 0.15) is 11.7 Å². The molecule has 1 aliphatic rings. The number of aromatic nitrogens is 3. The van der Waals surface area contributed by atoms with Crippen molar-refractivity contribution in [2.24, 2.45) is 0 Å². The molecule has 3 aromatic rings. The van der Waals surface area contributed by atoms with E-state index in [1.807, 2.05) is 18.2 Å². The zero-order valence-electron chi connectivity index (χ0n) is 13.7. The van der Waals surface area contributed by atoms with Crippen LogP contribution in [0.3, 0.4) is 0 Å². The third kappa shape index (κ3) is 2.93. The molecule has 1 atom stereocenters. The first kappa shape index (κ1) is 16.6. The Morgan fingerprint density at radius 3 is 2.92 bits per heavy atom. The number of rotatable bonds is 3. The summed E-state index contributed by atoms with van der Waals surface area (Å²) in [4.78, 5) is 26.0. The molecule has 1 aromatic carbocycles. The Labute approximate surface area is 154 Å². The highest BCUT2D eigenvalue weighted by Crippen LogP contribution is 2.35. The van der Waals surface area contributed by atoms with Gasteiger partial charge in [0.15, 0.2) is 0 Å². The molecule has 26 heavy (non-hydrogen) atoms. The number of halogens is 1. The van der Waals surface area contributed by atoms with Crippen LogP contribution in [0.15, 0.2) is 42.9 Å². The van der Waals surface area contributed by atoms with E-state index in [1.54, 1.807) is 6.20 Å². The molecule has 9 heteroatoms. The van der Waals surface area contributed by atoms with Gasteiger partial charge in [-0.25, -0.2) is 9.97 Å². The van der Waals surface area contributed by atoms with Crippen molar-refractivity contribution in [1.82, 2.24) is 20.3 Å². The van der Waals surface area contributed by atoms with E-state index in [-0.39, 0.29) is 16.8 Å². The van der Waals surface area contributed by atoms with Gasteiger partial charge in [-0.3, -0.25) is 15.1 Å². The maximum absolute atomic E-state index is 11.3. The Morgan fingerprint density at radius 2 is 2.15 bits per heavy atom. The predicted molar refractivity (Wildman–Crippen MR) is 98.4 cm³/mol. The number of pyridine rings is 1. The highest BCUT2D eigenvalue weighted by Gasteiger charge is 2.28. The second kappa shape index (κ2) is 6.81. The van der Waals surface area contributed by atoms with Crippen LogP contribution < -0.4 is 10.2 Å². The van der Waals surface area contributed by atoms with Crippen molar-refractivity contribution in [3.63, 3.8) is 0 Å². The Morgan fingerprint density at radius 1 is 1.27 bits per heavy atom. The number of piperazine rings is 1. The monoisotopic (exact) mass is 370 g/mol. The number of anilines is 1. The summed E-state index contributed by atoms with van der Waals surface area (Å²) >= 11 is 6.03. The Bertz CT molecular complexity index is 968. The van der Waals surface area contributed by atoms with Crippen LogP contribution >= 0.6 is 11.6 Å². The first-order valence-electron chi connectivity index (χ1n) is 8.12. The fourth-order valence-electron chi connectivity index (χ4n) is 3.22. The van der Waals surface area contributed by atoms with E-state index >= 15 is 0 Å². The van der Waals surface area contributed by atoms with E-state index in [0.717, 1.165) is 12.2 Å². The maximum Gasteiger partial charge on any atom is 0.288 e. The number of benzene rings is 1. The molecule has 0 aliphatic carbocycles. The largest absolute Gasteiger partial charge is 0.345 e. The molecule has 0 radical (unpaired) electrons. The lowest BCUT2D eigenvalue weighted by molar-refractivity contribution is -0.384. The summed E-state index contributed by atoms with van der Waals surface area (Å²) in [7, 11) is 0. The molecule has 2 aromatic heterocycles. The molecule has 1 saturated heterocycles. The topological polar surface area (TPSA) is 97.1 Å². The summed E-state index contributed by atoms with van der Waals surface area (Å²) in [6, 6.07) is 8.71. The SMILES string of the molecule is O=[N+]([O-])c1cc2c(N3CCNCC3c3ccccn3)ncnc2cc1Cl.